The number of carbonyl (C=O) groups excluding carboxylic acids is 4. The molecule has 192 valence electrons. The summed E-state index contributed by atoms with van der Waals surface area (Å²) in [6, 6.07) is 12.3. The molecule has 0 atom stereocenters. The molecule has 2 aromatic heterocycles. The number of Topliss-reactive ketones (excluding diaryl/α,β-unsaturated/α-hetero) is 2. The van der Waals surface area contributed by atoms with Gasteiger partial charge in [0.05, 0.1) is 11.8 Å². The first-order valence-corrected chi connectivity index (χ1v) is 11.8. The van der Waals surface area contributed by atoms with Gasteiger partial charge in [-0.3, -0.25) is 19.2 Å². The molecule has 0 fully saturated rings. The largest absolute Gasteiger partial charge is 0.486 e. The van der Waals surface area contributed by atoms with E-state index in [1.165, 1.54) is 41.9 Å². The zero-order valence-corrected chi connectivity index (χ0v) is 20.3. The van der Waals surface area contributed by atoms with Crippen LogP contribution < -0.4 is 15.4 Å². The number of benzene rings is 2. The zero-order valence-electron chi connectivity index (χ0n) is 20.3. The number of amides is 2. The highest BCUT2D eigenvalue weighted by molar-refractivity contribution is 5.98. The third-order valence-corrected chi connectivity index (χ3v) is 6.04. The molecule has 2 N–H and O–H groups in total. The van der Waals surface area contributed by atoms with Crippen molar-refractivity contribution < 1.29 is 28.3 Å². The van der Waals surface area contributed by atoms with Crippen LogP contribution in [0.2, 0.25) is 0 Å². The van der Waals surface area contributed by atoms with E-state index in [2.05, 4.69) is 20.7 Å². The highest BCUT2D eigenvalue weighted by Gasteiger charge is 2.19. The summed E-state index contributed by atoms with van der Waals surface area (Å²) in [6.45, 7) is 1.53. The average Bonchev–Trinajstić information content (AvgIpc) is 3.39. The zero-order chi connectivity index (χ0) is 26.8. The lowest BCUT2D eigenvalue weighted by Crippen LogP contribution is -2.28. The van der Waals surface area contributed by atoms with Crippen LogP contribution in [0.3, 0.4) is 0 Å². The molecule has 4 aromatic rings. The van der Waals surface area contributed by atoms with E-state index in [4.69, 9.17) is 4.74 Å². The number of ketones is 2. The maximum atomic E-state index is 13.8. The van der Waals surface area contributed by atoms with Gasteiger partial charge < -0.3 is 15.4 Å². The highest BCUT2D eigenvalue weighted by Crippen LogP contribution is 2.24. The van der Waals surface area contributed by atoms with Crippen LogP contribution in [0.25, 0.3) is 5.65 Å². The summed E-state index contributed by atoms with van der Waals surface area (Å²) in [5, 5.41) is 9.60. The van der Waals surface area contributed by atoms with E-state index in [1.54, 1.807) is 18.2 Å². The van der Waals surface area contributed by atoms with Crippen LogP contribution in [-0.2, 0) is 24.3 Å². The normalized spacial score (nSPS) is 12.5. The van der Waals surface area contributed by atoms with E-state index >= 15 is 0 Å². The van der Waals surface area contributed by atoms with Crippen molar-refractivity contribution in [3.8, 4) is 5.75 Å². The minimum absolute atomic E-state index is 0.0125. The average molecular weight is 516 g/mol. The van der Waals surface area contributed by atoms with Crippen LogP contribution in [-0.4, -0.2) is 44.6 Å². The minimum Gasteiger partial charge on any atom is -0.486 e. The van der Waals surface area contributed by atoms with Crippen molar-refractivity contribution >= 4 is 29.0 Å². The number of nitrogens with zero attached hydrogens (tertiary/aromatic N) is 3. The molecule has 0 saturated heterocycles. The van der Waals surface area contributed by atoms with Gasteiger partial charge in [0, 0.05) is 37.2 Å². The Balaban J connectivity index is 1.31. The Bertz CT molecular complexity index is 1610. The van der Waals surface area contributed by atoms with Crippen LogP contribution in [0.1, 0.15) is 54.9 Å². The van der Waals surface area contributed by atoms with Crippen LogP contribution in [0.5, 0.6) is 5.75 Å². The number of aromatic nitrogens is 3. The van der Waals surface area contributed by atoms with Crippen LogP contribution in [0, 0.1) is 5.82 Å². The Hall–Kier alpha value is -4.93. The van der Waals surface area contributed by atoms with E-state index in [-0.39, 0.29) is 48.9 Å². The molecule has 3 heterocycles. The lowest BCUT2D eigenvalue weighted by atomic mass is 10.0. The molecule has 0 bridgehead atoms. The summed E-state index contributed by atoms with van der Waals surface area (Å²) in [5.74, 6) is -1.45. The monoisotopic (exact) mass is 515 g/mol. The number of rotatable bonds is 7. The fourth-order valence-corrected chi connectivity index (χ4v) is 4.13. The lowest BCUT2D eigenvalue weighted by molar-refractivity contribution is -0.121. The summed E-state index contributed by atoms with van der Waals surface area (Å²) in [4.78, 5) is 53.5. The maximum Gasteiger partial charge on any atom is 0.270 e. The van der Waals surface area contributed by atoms with Crippen molar-refractivity contribution in [2.24, 2.45) is 0 Å². The van der Waals surface area contributed by atoms with Crippen LogP contribution in [0.4, 0.5) is 4.39 Å². The molecule has 0 saturated carbocycles. The third-order valence-electron chi connectivity index (χ3n) is 6.04. The van der Waals surface area contributed by atoms with E-state index < -0.39 is 23.4 Å². The van der Waals surface area contributed by atoms with Crippen molar-refractivity contribution in [2.75, 3.05) is 6.61 Å². The first kappa shape index (κ1) is 24.8. The lowest BCUT2D eigenvalue weighted by Gasteiger charge is -2.17. The Kier molecular flexibility index (Phi) is 6.65. The van der Waals surface area contributed by atoms with Gasteiger partial charge in [-0.25, -0.2) is 13.9 Å². The smallest absolute Gasteiger partial charge is 0.270 e. The molecular weight excluding hydrogens is 493 g/mol. The number of carbonyl (C=O) groups is 4. The molecule has 10 nitrogen and oxygen atoms in total. The molecule has 11 heteroatoms. The maximum absolute atomic E-state index is 13.8. The van der Waals surface area contributed by atoms with Gasteiger partial charge in [0.2, 0.25) is 0 Å². The van der Waals surface area contributed by atoms with E-state index in [0.29, 0.717) is 17.0 Å². The Labute approximate surface area is 215 Å². The number of ether oxygens (including phenoxy) is 1. The fourth-order valence-electron chi connectivity index (χ4n) is 4.13. The van der Waals surface area contributed by atoms with Crippen molar-refractivity contribution in [1.82, 2.24) is 25.2 Å². The SMILES string of the molecule is CC(=O)c1cc(CNC(=O)c2cc(C(=O)NCc3ccc4c(c3)CC(=O)CO4)nc3ccnn23)ccc1F. The molecule has 5 rings (SSSR count). The van der Waals surface area contributed by atoms with Crippen LogP contribution in [0.15, 0.2) is 54.7 Å². The van der Waals surface area contributed by atoms with Crippen LogP contribution >= 0.6 is 0 Å². The Morgan fingerprint density at radius 2 is 1.74 bits per heavy atom. The summed E-state index contributed by atoms with van der Waals surface area (Å²) in [6.07, 6.45) is 1.74. The molecule has 1 aliphatic rings. The van der Waals surface area contributed by atoms with Gasteiger partial charge in [0.15, 0.2) is 17.2 Å². The highest BCUT2D eigenvalue weighted by atomic mass is 19.1. The second-order valence-corrected chi connectivity index (χ2v) is 8.81. The molecule has 38 heavy (non-hydrogen) atoms. The number of hydrogen-bond acceptors (Lipinski definition) is 7. The number of nitrogens with one attached hydrogen (secondary N) is 2. The first-order chi connectivity index (χ1) is 18.3. The fraction of sp³-hybridized carbons (Fsp3) is 0.185. The summed E-state index contributed by atoms with van der Waals surface area (Å²) in [5.41, 5.74) is 2.40. The second-order valence-electron chi connectivity index (χ2n) is 8.81. The first-order valence-electron chi connectivity index (χ1n) is 11.8. The number of fused-ring (bicyclic) bond motifs is 2. The van der Waals surface area contributed by atoms with E-state index in [0.717, 1.165) is 11.1 Å². The predicted octanol–water partition coefficient (Wildman–Crippen LogP) is 2.44. The van der Waals surface area contributed by atoms with Gasteiger partial charge in [-0.15, -0.1) is 0 Å². The Morgan fingerprint density at radius 1 is 1.00 bits per heavy atom. The second kappa shape index (κ2) is 10.2. The van der Waals surface area contributed by atoms with Crippen molar-refractivity contribution in [1.29, 1.82) is 0 Å². The molecule has 0 spiro atoms. The van der Waals surface area contributed by atoms with Gasteiger partial charge in [0.25, 0.3) is 11.8 Å². The van der Waals surface area contributed by atoms with E-state index in [1.807, 2.05) is 6.07 Å². The summed E-state index contributed by atoms with van der Waals surface area (Å²) < 4.78 is 20.5. The molecule has 2 amide bonds. The van der Waals surface area contributed by atoms with E-state index in [9.17, 15) is 23.6 Å². The quantitative estimate of drug-likeness (QED) is 0.362. The van der Waals surface area contributed by atoms with Gasteiger partial charge in [-0.2, -0.15) is 5.10 Å². The topological polar surface area (TPSA) is 132 Å². The molecule has 0 radical (unpaired) electrons. The van der Waals surface area contributed by atoms with Gasteiger partial charge in [-0.1, -0.05) is 12.1 Å². The third kappa shape index (κ3) is 5.12. The summed E-state index contributed by atoms with van der Waals surface area (Å²) >= 11 is 0. The Morgan fingerprint density at radius 3 is 2.53 bits per heavy atom. The van der Waals surface area contributed by atoms with Crippen molar-refractivity contribution in [3.05, 3.63) is 94.2 Å². The molecule has 0 aliphatic carbocycles. The molecule has 1 aliphatic heterocycles. The number of hydrogen-bond donors (Lipinski definition) is 2. The van der Waals surface area contributed by atoms with Crippen molar-refractivity contribution in [3.63, 3.8) is 0 Å². The van der Waals surface area contributed by atoms with Gasteiger partial charge in [-0.05, 0) is 42.3 Å². The van der Waals surface area contributed by atoms with Crippen molar-refractivity contribution in [2.45, 2.75) is 26.4 Å². The van der Waals surface area contributed by atoms with Gasteiger partial charge >= 0.3 is 0 Å². The molecular formula is C27H22FN5O5. The molecule has 0 unspecified atom stereocenters. The minimum atomic E-state index is -0.632. The predicted molar refractivity (Wildman–Crippen MR) is 132 cm³/mol. The number of halogens is 1. The standard InChI is InChI=1S/C27H22FN5O5/c1-15(34)20-9-17(2-4-21(20)28)13-30-27(37)23-11-22(32-25-6-7-31-33(23)25)26(36)29-12-16-3-5-24-18(8-16)10-19(35)14-38-24/h2-9,11H,10,12-14H2,1H3,(H,29,36)(H,30,37). The van der Waals surface area contributed by atoms with Gasteiger partial charge in [0.1, 0.15) is 29.6 Å². The molecule has 2 aromatic carbocycles. The summed E-state index contributed by atoms with van der Waals surface area (Å²) in [7, 11) is 0.